The lowest BCUT2D eigenvalue weighted by atomic mass is 10.1. The van der Waals surface area contributed by atoms with Crippen molar-refractivity contribution in [3.63, 3.8) is 0 Å². The number of carbonyl (C=O) groups is 1. The van der Waals surface area contributed by atoms with Crippen LogP contribution in [0, 0.1) is 0 Å². The van der Waals surface area contributed by atoms with Gasteiger partial charge in [0.2, 0.25) is 5.91 Å². The number of benzene rings is 1. The molecule has 0 saturated carbocycles. The van der Waals surface area contributed by atoms with Crippen LogP contribution in [-0.4, -0.2) is 24.5 Å². The fraction of sp³-hybridized carbons (Fsp3) is 0.500. The number of hydrogen-bond acceptors (Lipinski definition) is 2. The van der Waals surface area contributed by atoms with E-state index in [1.807, 2.05) is 18.2 Å². The first-order chi connectivity index (χ1) is 8.25. The highest BCUT2D eigenvalue weighted by Gasteiger charge is 2.22. The van der Waals surface area contributed by atoms with Gasteiger partial charge >= 0.3 is 0 Å². The molecule has 1 fully saturated rings. The molecule has 17 heavy (non-hydrogen) atoms. The monoisotopic (exact) mass is 232 g/mol. The minimum atomic E-state index is 0.0215. The molecular weight excluding hydrogens is 212 g/mol. The molecule has 0 unspecified atom stereocenters. The summed E-state index contributed by atoms with van der Waals surface area (Å²) in [6, 6.07) is 10.5. The molecule has 1 aliphatic heterocycles. The Labute approximate surface area is 103 Å². The van der Waals surface area contributed by atoms with Gasteiger partial charge in [0.1, 0.15) is 0 Å². The second kappa shape index (κ2) is 5.82. The maximum Gasteiger partial charge on any atom is 0.237 e. The van der Waals surface area contributed by atoms with Crippen molar-refractivity contribution in [1.29, 1.82) is 0 Å². The Morgan fingerprint density at radius 3 is 2.88 bits per heavy atom. The molecule has 3 nitrogen and oxygen atoms in total. The summed E-state index contributed by atoms with van der Waals surface area (Å²) in [4.78, 5) is 11.9. The number of nitrogens with one attached hydrogen (secondary N) is 2. The van der Waals surface area contributed by atoms with E-state index in [9.17, 15) is 4.79 Å². The fourth-order valence-corrected chi connectivity index (χ4v) is 2.27. The first kappa shape index (κ1) is 12.1. The molecule has 3 heteroatoms. The molecule has 1 saturated heterocycles. The molecule has 2 N–H and O–H groups in total. The minimum Gasteiger partial charge on any atom is -0.352 e. The molecule has 92 valence electrons. The van der Waals surface area contributed by atoms with Crippen molar-refractivity contribution in [2.24, 2.45) is 0 Å². The second-order valence-corrected chi connectivity index (χ2v) is 4.75. The Bertz CT molecular complexity index is 358. The summed E-state index contributed by atoms with van der Waals surface area (Å²) in [7, 11) is 0. The molecule has 1 aliphatic rings. The van der Waals surface area contributed by atoms with Gasteiger partial charge in [-0.05, 0) is 38.3 Å². The number of hydrogen-bond donors (Lipinski definition) is 2. The lowest BCUT2D eigenvalue weighted by Crippen LogP contribution is -2.44. The maximum absolute atomic E-state index is 11.9. The van der Waals surface area contributed by atoms with Gasteiger partial charge in [0, 0.05) is 6.04 Å². The Morgan fingerprint density at radius 2 is 2.24 bits per heavy atom. The predicted molar refractivity (Wildman–Crippen MR) is 68.8 cm³/mol. The first-order valence-electron chi connectivity index (χ1n) is 6.33. The quantitative estimate of drug-likeness (QED) is 0.825. The van der Waals surface area contributed by atoms with E-state index in [0.717, 1.165) is 25.8 Å². The molecule has 1 amide bonds. The lowest BCUT2D eigenvalue weighted by Gasteiger charge is -2.17. The third-order valence-corrected chi connectivity index (χ3v) is 3.15. The van der Waals surface area contributed by atoms with E-state index in [1.54, 1.807) is 0 Å². The zero-order chi connectivity index (χ0) is 12.1. The third kappa shape index (κ3) is 3.56. The van der Waals surface area contributed by atoms with Crippen LogP contribution in [0.4, 0.5) is 0 Å². The maximum atomic E-state index is 11.9. The summed E-state index contributed by atoms with van der Waals surface area (Å²) in [5.74, 6) is 0.144. The fourth-order valence-electron chi connectivity index (χ4n) is 2.27. The average Bonchev–Trinajstić information content (AvgIpc) is 2.83. The van der Waals surface area contributed by atoms with Gasteiger partial charge in [-0.3, -0.25) is 4.79 Å². The van der Waals surface area contributed by atoms with Crippen LogP contribution in [0.15, 0.2) is 30.3 Å². The lowest BCUT2D eigenvalue weighted by molar-refractivity contribution is -0.123. The Hall–Kier alpha value is -1.35. The Balaban J connectivity index is 1.80. The molecule has 1 aromatic carbocycles. The van der Waals surface area contributed by atoms with Crippen LogP contribution < -0.4 is 10.6 Å². The van der Waals surface area contributed by atoms with Crippen LogP contribution >= 0.6 is 0 Å². The van der Waals surface area contributed by atoms with Gasteiger partial charge in [-0.25, -0.2) is 0 Å². The summed E-state index contributed by atoms with van der Waals surface area (Å²) in [6.07, 6.45) is 2.95. The van der Waals surface area contributed by atoms with Crippen LogP contribution in [0.2, 0.25) is 0 Å². The largest absolute Gasteiger partial charge is 0.352 e. The number of amides is 1. The summed E-state index contributed by atoms with van der Waals surface area (Å²) >= 11 is 0. The summed E-state index contributed by atoms with van der Waals surface area (Å²) in [6.45, 7) is 3.02. The minimum absolute atomic E-state index is 0.0215. The van der Waals surface area contributed by atoms with Gasteiger partial charge in [-0.1, -0.05) is 30.3 Å². The molecule has 0 bridgehead atoms. The molecule has 0 aromatic heterocycles. The molecule has 0 radical (unpaired) electrons. The molecule has 1 heterocycles. The predicted octanol–water partition coefficient (Wildman–Crippen LogP) is 1.49. The van der Waals surface area contributed by atoms with E-state index in [4.69, 9.17) is 0 Å². The van der Waals surface area contributed by atoms with E-state index in [0.29, 0.717) is 0 Å². The van der Waals surface area contributed by atoms with Gasteiger partial charge in [0.05, 0.1) is 6.04 Å². The van der Waals surface area contributed by atoms with Gasteiger partial charge in [0.15, 0.2) is 0 Å². The van der Waals surface area contributed by atoms with E-state index in [2.05, 4.69) is 29.7 Å². The Kier molecular flexibility index (Phi) is 4.15. The summed E-state index contributed by atoms with van der Waals surface area (Å²) < 4.78 is 0. The SMILES string of the molecule is C[C@H](Cc1ccccc1)NC(=O)[C@@H]1CCCN1. The smallest absolute Gasteiger partial charge is 0.237 e. The summed E-state index contributed by atoms with van der Waals surface area (Å²) in [5.41, 5.74) is 1.26. The number of rotatable bonds is 4. The first-order valence-corrected chi connectivity index (χ1v) is 6.33. The molecule has 1 aromatic rings. The van der Waals surface area contributed by atoms with Crippen molar-refractivity contribution in [3.8, 4) is 0 Å². The van der Waals surface area contributed by atoms with Crippen molar-refractivity contribution in [2.45, 2.75) is 38.3 Å². The van der Waals surface area contributed by atoms with Crippen molar-refractivity contribution in [3.05, 3.63) is 35.9 Å². The van der Waals surface area contributed by atoms with Gasteiger partial charge in [-0.2, -0.15) is 0 Å². The van der Waals surface area contributed by atoms with Crippen LogP contribution in [0.25, 0.3) is 0 Å². The van der Waals surface area contributed by atoms with Crippen molar-refractivity contribution >= 4 is 5.91 Å². The topological polar surface area (TPSA) is 41.1 Å². The zero-order valence-electron chi connectivity index (χ0n) is 10.3. The van der Waals surface area contributed by atoms with Crippen LogP contribution in [0.5, 0.6) is 0 Å². The highest BCUT2D eigenvalue weighted by molar-refractivity contribution is 5.82. The van der Waals surface area contributed by atoms with Crippen LogP contribution in [0.1, 0.15) is 25.3 Å². The van der Waals surface area contributed by atoms with E-state index in [1.165, 1.54) is 5.56 Å². The molecule has 0 aliphatic carbocycles. The highest BCUT2D eigenvalue weighted by Crippen LogP contribution is 2.07. The molecular formula is C14H20N2O. The van der Waals surface area contributed by atoms with Crippen LogP contribution in [-0.2, 0) is 11.2 Å². The molecule has 2 atom stereocenters. The zero-order valence-corrected chi connectivity index (χ0v) is 10.3. The van der Waals surface area contributed by atoms with E-state index < -0.39 is 0 Å². The standard InChI is InChI=1S/C14H20N2O/c1-11(10-12-6-3-2-4-7-12)16-14(17)13-8-5-9-15-13/h2-4,6-7,11,13,15H,5,8-10H2,1H3,(H,16,17)/t11-,13+/m1/s1. The van der Waals surface area contributed by atoms with Gasteiger partial charge < -0.3 is 10.6 Å². The normalized spacial score (nSPS) is 21.1. The average molecular weight is 232 g/mol. The van der Waals surface area contributed by atoms with E-state index in [-0.39, 0.29) is 18.0 Å². The Morgan fingerprint density at radius 1 is 1.47 bits per heavy atom. The third-order valence-electron chi connectivity index (χ3n) is 3.15. The highest BCUT2D eigenvalue weighted by atomic mass is 16.2. The number of carbonyl (C=O) groups excluding carboxylic acids is 1. The molecule has 2 rings (SSSR count). The van der Waals surface area contributed by atoms with Crippen molar-refractivity contribution in [2.75, 3.05) is 6.54 Å². The van der Waals surface area contributed by atoms with Crippen molar-refractivity contribution in [1.82, 2.24) is 10.6 Å². The van der Waals surface area contributed by atoms with E-state index >= 15 is 0 Å². The van der Waals surface area contributed by atoms with Crippen molar-refractivity contribution < 1.29 is 4.79 Å². The van der Waals surface area contributed by atoms with Crippen LogP contribution in [0.3, 0.4) is 0 Å². The molecule has 0 spiro atoms. The second-order valence-electron chi connectivity index (χ2n) is 4.75. The van der Waals surface area contributed by atoms with Gasteiger partial charge in [-0.15, -0.1) is 0 Å². The summed E-state index contributed by atoms with van der Waals surface area (Å²) in [5, 5.41) is 6.28. The van der Waals surface area contributed by atoms with Gasteiger partial charge in [0.25, 0.3) is 0 Å².